The summed E-state index contributed by atoms with van der Waals surface area (Å²) in [6.07, 6.45) is -1.05. The molecule has 0 saturated carbocycles. The van der Waals surface area contributed by atoms with Crippen molar-refractivity contribution in [1.82, 2.24) is 20.1 Å². The van der Waals surface area contributed by atoms with E-state index in [1.165, 1.54) is 18.2 Å². The lowest BCUT2D eigenvalue weighted by Crippen LogP contribution is -2.28. The molecule has 1 aliphatic rings. The summed E-state index contributed by atoms with van der Waals surface area (Å²) in [5, 5.41) is 10.1. The molecule has 142 valence electrons. The number of nitrogens with one attached hydrogen (secondary N) is 2. The lowest BCUT2D eigenvalue weighted by molar-refractivity contribution is -0.156. The van der Waals surface area contributed by atoms with Gasteiger partial charge < -0.3 is 15.1 Å². The molecule has 0 unspecified atom stereocenters. The second kappa shape index (κ2) is 6.38. The van der Waals surface area contributed by atoms with Crippen molar-refractivity contribution >= 4 is 22.7 Å². The number of aryl methyl sites for hydroxylation is 1. The van der Waals surface area contributed by atoms with Gasteiger partial charge in [0.15, 0.2) is 5.58 Å². The number of hydrogen-bond donors (Lipinski definition) is 2. The average molecular weight is 379 g/mol. The van der Waals surface area contributed by atoms with Gasteiger partial charge in [-0.3, -0.25) is 9.48 Å². The van der Waals surface area contributed by atoms with Crippen molar-refractivity contribution in [3.8, 4) is 0 Å². The molecule has 1 fully saturated rings. The highest BCUT2D eigenvalue weighted by Gasteiger charge is 2.38. The second-order valence-electron chi connectivity index (χ2n) is 6.51. The molecule has 0 spiro atoms. The van der Waals surface area contributed by atoms with E-state index < -0.39 is 12.1 Å². The smallest absolute Gasteiger partial charge is 0.433 e. The predicted octanol–water partition coefficient (Wildman–Crippen LogP) is 2.52. The molecule has 0 bridgehead atoms. The van der Waals surface area contributed by atoms with Crippen LogP contribution in [0.2, 0.25) is 0 Å². The van der Waals surface area contributed by atoms with E-state index in [4.69, 9.17) is 4.42 Å². The Morgan fingerprint density at radius 1 is 1.37 bits per heavy atom. The first kappa shape index (κ1) is 17.5. The zero-order valence-corrected chi connectivity index (χ0v) is 14.2. The van der Waals surface area contributed by atoms with E-state index in [1.807, 2.05) is 13.2 Å². The van der Waals surface area contributed by atoms with Crippen molar-refractivity contribution in [2.75, 3.05) is 18.4 Å². The Morgan fingerprint density at radius 2 is 2.19 bits per heavy atom. The molecular formula is C17H16F3N5O2. The van der Waals surface area contributed by atoms with Gasteiger partial charge in [0, 0.05) is 37.9 Å². The van der Waals surface area contributed by atoms with Crippen LogP contribution in [0.1, 0.15) is 17.4 Å². The molecule has 0 aliphatic carbocycles. The number of rotatable bonds is 3. The lowest BCUT2D eigenvalue weighted by atomic mass is 9.90. The largest absolute Gasteiger partial charge is 0.468 e. The minimum atomic E-state index is -4.66. The van der Waals surface area contributed by atoms with Gasteiger partial charge in [-0.25, -0.2) is 4.98 Å². The summed E-state index contributed by atoms with van der Waals surface area (Å²) in [5.41, 5.74) is 1.38. The lowest BCUT2D eigenvalue weighted by Gasteiger charge is -2.17. The number of aromatic nitrogens is 3. The number of hydrogen-bond acceptors (Lipinski definition) is 5. The summed E-state index contributed by atoms with van der Waals surface area (Å²) in [4.78, 5) is 16.2. The van der Waals surface area contributed by atoms with Gasteiger partial charge in [-0.15, -0.1) is 0 Å². The number of nitrogens with zero attached hydrogens (tertiary/aromatic N) is 3. The fraction of sp³-hybridized carbons (Fsp3) is 0.353. The molecule has 3 heterocycles. The van der Waals surface area contributed by atoms with E-state index in [9.17, 15) is 18.0 Å². The van der Waals surface area contributed by atoms with Crippen LogP contribution >= 0.6 is 0 Å². The quantitative estimate of drug-likeness (QED) is 0.731. The standard InChI is InChI=1S/C17H16F3N5O2/c1-25-8-9(5-22-25)11-6-21-7-12(11)15(26)23-10-2-3-14-13(4-10)24-16(27-14)17(18,19)20/h2-5,8,11-12,21H,6-7H2,1H3,(H,23,26)/t11-,12+/m1/s1. The number of alkyl halides is 3. The predicted molar refractivity (Wildman–Crippen MR) is 89.9 cm³/mol. The molecule has 1 aromatic carbocycles. The van der Waals surface area contributed by atoms with Crippen LogP contribution in [-0.2, 0) is 18.0 Å². The van der Waals surface area contributed by atoms with Gasteiger partial charge in [-0.2, -0.15) is 18.3 Å². The molecule has 2 atom stereocenters. The van der Waals surface area contributed by atoms with Crippen molar-refractivity contribution in [3.63, 3.8) is 0 Å². The highest BCUT2D eigenvalue weighted by Crippen LogP contribution is 2.32. The van der Waals surface area contributed by atoms with Gasteiger partial charge >= 0.3 is 12.1 Å². The van der Waals surface area contributed by atoms with Crippen LogP contribution in [0.3, 0.4) is 0 Å². The first-order valence-corrected chi connectivity index (χ1v) is 8.29. The van der Waals surface area contributed by atoms with Crippen molar-refractivity contribution in [2.45, 2.75) is 12.1 Å². The van der Waals surface area contributed by atoms with Gasteiger partial charge in [0.05, 0.1) is 12.1 Å². The first-order valence-electron chi connectivity index (χ1n) is 8.29. The summed E-state index contributed by atoms with van der Waals surface area (Å²) in [7, 11) is 1.81. The van der Waals surface area contributed by atoms with E-state index >= 15 is 0 Å². The van der Waals surface area contributed by atoms with Crippen LogP contribution in [0.4, 0.5) is 18.9 Å². The molecule has 3 aromatic rings. The number of benzene rings is 1. The summed E-state index contributed by atoms with van der Waals surface area (Å²) >= 11 is 0. The molecule has 2 N–H and O–H groups in total. The topological polar surface area (TPSA) is 85.0 Å². The third-order valence-corrected chi connectivity index (χ3v) is 4.60. The van der Waals surface area contributed by atoms with Gasteiger partial charge in [0.2, 0.25) is 5.91 Å². The summed E-state index contributed by atoms with van der Waals surface area (Å²) in [6, 6.07) is 4.22. The number of anilines is 1. The third kappa shape index (κ3) is 3.39. The summed E-state index contributed by atoms with van der Waals surface area (Å²) in [5.74, 6) is -1.86. The number of oxazole rings is 1. The maximum absolute atomic E-state index is 12.7. The Bertz CT molecular complexity index is 994. The molecular weight excluding hydrogens is 363 g/mol. The number of fused-ring (bicyclic) bond motifs is 1. The van der Waals surface area contributed by atoms with Crippen molar-refractivity contribution in [2.24, 2.45) is 13.0 Å². The number of halogens is 3. The third-order valence-electron chi connectivity index (χ3n) is 4.60. The Morgan fingerprint density at radius 3 is 2.89 bits per heavy atom. The van der Waals surface area contributed by atoms with E-state index in [-0.39, 0.29) is 28.8 Å². The maximum atomic E-state index is 12.7. The number of carbonyl (C=O) groups is 1. The van der Waals surface area contributed by atoms with Crippen molar-refractivity contribution in [1.29, 1.82) is 0 Å². The van der Waals surface area contributed by atoms with E-state index in [2.05, 4.69) is 20.7 Å². The summed E-state index contributed by atoms with van der Waals surface area (Å²) < 4.78 is 44.5. The molecule has 27 heavy (non-hydrogen) atoms. The van der Waals surface area contributed by atoms with Crippen molar-refractivity contribution < 1.29 is 22.4 Å². The number of amides is 1. The zero-order chi connectivity index (χ0) is 19.2. The Balaban J connectivity index is 1.53. The minimum Gasteiger partial charge on any atom is -0.433 e. The van der Waals surface area contributed by atoms with E-state index in [0.29, 0.717) is 18.8 Å². The molecule has 4 rings (SSSR count). The van der Waals surface area contributed by atoms with E-state index in [1.54, 1.807) is 10.9 Å². The number of carbonyl (C=O) groups excluding carboxylic acids is 1. The highest BCUT2D eigenvalue weighted by atomic mass is 19.4. The van der Waals surface area contributed by atoms with E-state index in [0.717, 1.165) is 5.56 Å². The van der Waals surface area contributed by atoms with Crippen LogP contribution in [0.25, 0.3) is 11.1 Å². The highest BCUT2D eigenvalue weighted by molar-refractivity contribution is 5.95. The van der Waals surface area contributed by atoms with Gasteiger partial charge in [0.25, 0.3) is 0 Å². The van der Waals surface area contributed by atoms with Crippen LogP contribution < -0.4 is 10.6 Å². The zero-order valence-electron chi connectivity index (χ0n) is 14.2. The SMILES string of the molecule is Cn1cc([C@H]2CNC[C@@H]2C(=O)Nc2ccc3oc(C(F)(F)F)nc3c2)cn1. The second-order valence-corrected chi connectivity index (χ2v) is 6.51. The fourth-order valence-electron chi connectivity index (χ4n) is 3.30. The van der Waals surface area contributed by atoms with Crippen LogP contribution in [0.15, 0.2) is 35.0 Å². The van der Waals surface area contributed by atoms with Crippen LogP contribution in [0.5, 0.6) is 0 Å². The summed E-state index contributed by atoms with van der Waals surface area (Å²) in [6.45, 7) is 1.16. The average Bonchev–Trinajstić information content (AvgIpc) is 3.31. The van der Waals surface area contributed by atoms with Gasteiger partial charge in [0.1, 0.15) is 5.52 Å². The van der Waals surface area contributed by atoms with Crippen molar-refractivity contribution in [3.05, 3.63) is 42.0 Å². The minimum absolute atomic E-state index is 0.0103. The Kier molecular flexibility index (Phi) is 4.14. The first-order chi connectivity index (χ1) is 12.8. The molecule has 1 amide bonds. The normalized spacial score (nSPS) is 20.3. The Hall–Kier alpha value is -2.88. The van der Waals surface area contributed by atoms with Crippen LogP contribution in [0, 0.1) is 5.92 Å². The Labute approximate surface area is 151 Å². The molecule has 2 aromatic heterocycles. The van der Waals surface area contributed by atoms with Gasteiger partial charge in [-0.1, -0.05) is 0 Å². The molecule has 1 saturated heterocycles. The van der Waals surface area contributed by atoms with Crippen LogP contribution in [-0.4, -0.2) is 33.8 Å². The fourth-order valence-corrected chi connectivity index (χ4v) is 3.30. The molecule has 1 aliphatic heterocycles. The maximum Gasteiger partial charge on any atom is 0.468 e. The van der Waals surface area contributed by atoms with Gasteiger partial charge in [-0.05, 0) is 23.8 Å². The monoisotopic (exact) mass is 379 g/mol. The molecule has 10 heteroatoms. The molecule has 7 nitrogen and oxygen atoms in total. The molecule has 0 radical (unpaired) electrons.